The zero-order valence-corrected chi connectivity index (χ0v) is 16.9. The summed E-state index contributed by atoms with van der Waals surface area (Å²) < 4.78 is 51.1. The fraction of sp³-hybridized carbons (Fsp3) is 0.409. The number of ether oxygens (including phenoxy) is 2. The van der Waals surface area contributed by atoms with E-state index >= 15 is 0 Å². The van der Waals surface area contributed by atoms with Crippen molar-refractivity contribution in [2.24, 2.45) is 0 Å². The molecule has 1 N–H and O–H groups in total. The molecule has 158 valence electrons. The molecular formula is C22H25F3O4. The molecule has 2 aromatic rings. The molecule has 0 saturated carbocycles. The highest BCUT2D eigenvalue weighted by Gasteiger charge is 2.34. The van der Waals surface area contributed by atoms with Gasteiger partial charge in [0.15, 0.2) is 6.61 Å². The average Bonchev–Trinajstić information content (AvgIpc) is 2.62. The lowest BCUT2D eigenvalue weighted by molar-refractivity contribution is -0.145. The third-order valence-corrected chi connectivity index (χ3v) is 4.51. The summed E-state index contributed by atoms with van der Waals surface area (Å²) in [4.78, 5) is 11.4. The highest BCUT2D eigenvalue weighted by Crippen LogP contribution is 2.38. The molecule has 0 aliphatic rings. The maximum absolute atomic E-state index is 13.7. The van der Waals surface area contributed by atoms with E-state index in [2.05, 4.69) is 0 Å². The van der Waals surface area contributed by atoms with Crippen molar-refractivity contribution in [3.8, 4) is 11.5 Å². The molecule has 29 heavy (non-hydrogen) atoms. The summed E-state index contributed by atoms with van der Waals surface area (Å²) >= 11 is 0. The lowest BCUT2D eigenvalue weighted by atomic mass is 9.92. The first-order valence-electron chi connectivity index (χ1n) is 9.33. The molecular weight excluding hydrogens is 385 g/mol. The molecule has 0 aliphatic carbocycles. The van der Waals surface area contributed by atoms with E-state index in [1.807, 2.05) is 13.8 Å². The van der Waals surface area contributed by atoms with Gasteiger partial charge in [0.1, 0.15) is 11.5 Å². The van der Waals surface area contributed by atoms with Crippen LogP contribution < -0.4 is 4.74 Å². The summed E-state index contributed by atoms with van der Waals surface area (Å²) in [7, 11) is 0. The van der Waals surface area contributed by atoms with E-state index in [1.54, 1.807) is 26.0 Å². The molecule has 0 aromatic heterocycles. The molecule has 2 rings (SSSR count). The molecule has 0 spiro atoms. The van der Waals surface area contributed by atoms with Crippen molar-refractivity contribution in [2.75, 3.05) is 13.2 Å². The summed E-state index contributed by atoms with van der Waals surface area (Å²) in [5.74, 6) is -0.524. The van der Waals surface area contributed by atoms with Crippen LogP contribution in [0.15, 0.2) is 30.3 Å². The lowest BCUT2D eigenvalue weighted by Crippen LogP contribution is -2.16. The number of hydrogen-bond donors (Lipinski definition) is 1. The summed E-state index contributed by atoms with van der Waals surface area (Å²) in [6.45, 7) is 6.72. The second-order valence-electron chi connectivity index (χ2n) is 7.08. The van der Waals surface area contributed by atoms with Crippen LogP contribution in [0.1, 0.15) is 54.5 Å². The van der Waals surface area contributed by atoms with Gasteiger partial charge < -0.3 is 14.6 Å². The number of carbonyl (C=O) groups is 1. The Balaban J connectivity index is 2.39. The number of aryl methyl sites for hydroxylation is 1. The van der Waals surface area contributed by atoms with E-state index in [-0.39, 0.29) is 36.0 Å². The van der Waals surface area contributed by atoms with Gasteiger partial charge in [0, 0.05) is 0 Å². The van der Waals surface area contributed by atoms with E-state index < -0.39 is 24.3 Å². The number of phenolic OH excluding ortho intramolecular Hbond substituents is 1. The smallest absolute Gasteiger partial charge is 0.416 e. The average molecular weight is 410 g/mol. The predicted molar refractivity (Wildman–Crippen MR) is 103 cm³/mol. The molecule has 0 aliphatic heterocycles. The normalized spacial score (nSPS) is 11.6. The second kappa shape index (κ2) is 9.20. The van der Waals surface area contributed by atoms with Crippen molar-refractivity contribution in [1.82, 2.24) is 0 Å². The Morgan fingerprint density at radius 1 is 1.17 bits per heavy atom. The minimum absolute atomic E-state index is 0.0387. The van der Waals surface area contributed by atoms with Crippen molar-refractivity contribution >= 4 is 5.97 Å². The quantitative estimate of drug-likeness (QED) is 0.623. The van der Waals surface area contributed by atoms with Gasteiger partial charge in [-0.25, -0.2) is 4.79 Å². The lowest BCUT2D eigenvalue weighted by Gasteiger charge is -2.18. The van der Waals surface area contributed by atoms with Gasteiger partial charge in [-0.3, -0.25) is 0 Å². The van der Waals surface area contributed by atoms with Gasteiger partial charge in [-0.05, 0) is 66.6 Å². The number of halogens is 3. The van der Waals surface area contributed by atoms with Crippen LogP contribution >= 0.6 is 0 Å². The highest BCUT2D eigenvalue weighted by atomic mass is 19.4. The number of alkyl halides is 3. The van der Waals surface area contributed by atoms with E-state index in [9.17, 15) is 23.1 Å². The first-order valence-corrected chi connectivity index (χ1v) is 9.33. The molecule has 0 atom stereocenters. The fourth-order valence-electron chi connectivity index (χ4n) is 3.08. The summed E-state index contributed by atoms with van der Waals surface area (Å²) in [6, 6.07) is 7.24. The standard InChI is InChI=1S/C22H25F3O4/c1-5-28-21(27)12-29-16-8-14(4)18(19(11-16)22(23,24)25)10-15-6-7-20(26)17(9-15)13(2)3/h6-9,11,13,26H,5,10,12H2,1-4H3. The maximum atomic E-state index is 13.7. The maximum Gasteiger partial charge on any atom is 0.416 e. The first kappa shape index (κ1) is 22.6. The number of rotatable bonds is 7. The molecule has 0 bridgehead atoms. The first-order chi connectivity index (χ1) is 13.5. The van der Waals surface area contributed by atoms with Crippen LogP contribution in [0.5, 0.6) is 11.5 Å². The number of esters is 1. The number of hydrogen-bond acceptors (Lipinski definition) is 4. The molecule has 0 fully saturated rings. The third-order valence-electron chi connectivity index (χ3n) is 4.51. The monoisotopic (exact) mass is 410 g/mol. The molecule has 7 heteroatoms. The SMILES string of the molecule is CCOC(=O)COc1cc(C)c(Cc2ccc(O)c(C(C)C)c2)c(C(F)(F)F)c1. The van der Waals surface area contributed by atoms with Crippen molar-refractivity contribution in [3.63, 3.8) is 0 Å². The Kier molecular flexibility index (Phi) is 7.16. The Morgan fingerprint density at radius 3 is 2.45 bits per heavy atom. The van der Waals surface area contributed by atoms with Gasteiger partial charge in [-0.1, -0.05) is 26.0 Å². The van der Waals surface area contributed by atoms with Gasteiger partial charge in [-0.2, -0.15) is 13.2 Å². The molecule has 0 unspecified atom stereocenters. The molecule has 2 aromatic carbocycles. The van der Waals surface area contributed by atoms with Crippen molar-refractivity contribution in [3.05, 3.63) is 58.1 Å². The van der Waals surface area contributed by atoms with E-state index in [0.29, 0.717) is 16.7 Å². The highest BCUT2D eigenvalue weighted by molar-refractivity contribution is 5.71. The molecule has 0 amide bonds. The van der Waals surface area contributed by atoms with Crippen molar-refractivity contribution in [2.45, 2.75) is 46.2 Å². The zero-order valence-electron chi connectivity index (χ0n) is 16.9. The molecule has 0 heterocycles. The number of aromatic hydroxyl groups is 1. The molecule has 0 saturated heterocycles. The minimum Gasteiger partial charge on any atom is -0.508 e. The van der Waals surface area contributed by atoms with Gasteiger partial charge >= 0.3 is 12.1 Å². The summed E-state index contributed by atoms with van der Waals surface area (Å²) in [6.07, 6.45) is -4.53. The van der Waals surface area contributed by atoms with Crippen LogP contribution in [0.3, 0.4) is 0 Å². The zero-order chi connectivity index (χ0) is 21.8. The molecule has 4 nitrogen and oxygen atoms in total. The van der Waals surface area contributed by atoms with Gasteiger partial charge in [-0.15, -0.1) is 0 Å². The Bertz CT molecular complexity index is 873. The summed E-state index contributed by atoms with van der Waals surface area (Å²) in [5, 5.41) is 9.95. The van der Waals surface area contributed by atoms with Crippen LogP contribution in [0, 0.1) is 6.92 Å². The van der Waals surface area contributed by atoms with Crippen LogP contribution in [-0.2, 0) is 22.1 Å². The van der Waals surface area contributed by atoms with Crippen LogP contribution in [0.25, 0.3) is 0 Å². The second-order valence-corrected chi connectivity index (χ2v) is 7.08. The van der Waals surface area contributed by atoms with Crippen molar-refractivity contribution in [1.29, 1.82) is 0 Å². The fourth-order valence-corrected chi connectivity index (χ4v) is 3.08. The largest absolute Gasteiger partial charge is 0.508 e. The Hall–Kier alpha value is -2.70. The van der Waals surface area contributed by atoms with Crippen LogP contribution in [0.2, 0.25) is 0 Å². The minimum atomic E-state index is -4.58. The van der Waals surface area contributed by atoms with Crippen LogP contribution in [-0.4, -0.2) is 24.3 Å². The molecule has 0 radical (unpaired) electrons. The summed E-state index contributed by atoms with van der Waals surface area (Å²) in [5.41, 5.74) is 1.07. The topological polar surface area (TPSA) is 55.8 Å². The number of phenols is 1. The van der Waals surface area contributed by atoms with E-state index in [1.165, 1.54) is 12.1 Å². The van der Waals surface area contributed by atoms with E-state index in [0.717, 1.165) is 6.07 Å². The Labute approximate surface area is 168 Å². The van der Waals surface area contributed by atoms with Crippen molar-refractivity contribution < 1.29 is 32.5 Å². The number of carbonyl (C=O) groups excluding carboxylic acids is 1. The van der Waals surface area contributed by atoms with E-state index in [4.69, 9.17) is 9.47 Å². The third kappa shape index (κ3) is 5.89. The number of benzene rings is 2. The van der Waals surface area contributed by atoms with Gasteiger partial charge in [0.2, 0.25) is 0 Å². The predicted octanol–water partition coefficient (Wildman–Crippen LogP) is 5.38. The Morgan fingerprint density at radius 2 is 1.86 bits per heavy atom. The van der Waals surface area contributed by atoms with Crippen LogP contribution in [0.4, 0.5) is 13.2 Å². The van der Waals surface area contributed by atoms with Gasteiger partial charge in [0.25, 0.3) is 0 Å². The van der Waals surface area contributed by atoms with Gasteiger partial charge in [0.05, 0.1) is 12.2 Å².